The summed E-state index contributed by atoms with van der Waals surface area (Å²) in [5, 5.41) is 5.38. The molecule has 1 heterocycles. The van der Waals surface area contributed by atoms with Crippen molar-refractivity contribution in [3.05, 3.63) is 40.3 Å². The zero-order valence-corrected chi connectivity index (χ0v) is 10.6. The van der Waals surface area contributed by atoms with E-state index in [0.29, 0.717) is 6.04 Å². The first-order chi connectivity index (χ1) is 8.74. The van der Waals surface area contributed by atoms with E-state index in [1.54, 1.807) is 6.20 Å². The second kappa shape index (κ2) is 4.48. The third kappa shape index (κ3) is 2.01. The SMILES string of the molecule is Cc1cc2c(=O)[nH]ccc2cc1NC1CCCC1. The molecule has 1 aromatic carbocycles. The molecule has 3 heteroatoms. The quantitative estimate of drug-likeness (QED) is 0.849. The molecule has 2 aromatic rings. The normalized spacial score (nSPS) is 16.3. The van der Waals surface area contributed by atoms with Crippen LogP contribution in [0.15, 0.2) is 29.2 Å². The Morgan fingerprint density at radius 1 is 1.28 bits per heavy atom. The fourth-order valence-electron chi connectivity index (χ4n) is 2.79. The fourth-order valence-corrected chi connectivity index (χ4v) is 2.79. The molecule has 2 N–H and O–H groups in total. The zero-order chi connectivity index (χ0) is 12.5. The number of hydrogen-bond acceptors (Lipinski definition) is 2. The van der Waals surface area contributed by atoms with E-state index in [-0.39, 0.29) is 5.56 Å². The van der Waals surface area contributed by atoms with Gasteiger partial charge in [-0.1, -0.05) is 12.8 Å². The first-order valence-corrected chi connectivity index (χ1v) is 6.62. The number of aromatic amines is 1. The molecule has 1 aliphatic rings. The molecule has 3 rings (SSSR count). The van der Waals surface area contributed by atoms with Crippen LogP contribution < -0.4 is 10.9 Å². The summed E-state index contributed by atoms with van der Waals surface area (Å²) in [6.07, 6.45) is 6.87. The van der Waals surface area contributed by atoms with Crippen LogP contribution in [-0.2, 0) is 0 Å². The van der Waals surface area contributed by atoms with E-state index in [4.69, 9.17) is 0 Å². The maximum Gasteiger partial charge on any atom is 0.255 e. The van der Waals surface area contributed by atoms with Crippen molar-refractivity contribution in [3.8, 4) is 0 Å². The third-order valence-corrected chi connectivity index (χ3v) is 3.83. The number of H-pyrrole nitrogens is 1. The van der Waals surface area contributed by atoms with Crippen LogP contribution >= 0.6 is 0 Å². The second-order valence-electron chi connectivity index (χ2n) is 5.19. The highest BCUT2D eigenvalue weighted by Crippen LogP contribution is 2.26. The average molecular weight is 242 g/mol. The molecular weight excluding hydrogens is 224 g/mol. The van der Waals surface area contributed by atoms with Gasteiger partial charge in [0, 0.05) is 23.3 Å². The van der Waals surface area contributed by atoms with Crippen molar-refractivity contribution in [2.45, 2.75) is 38.6 Å². The molecule has 0 amide bonds. The van der Waals surface area contributed by atoms with Gasteiger partial charge in [-0.3, -0.25) is 4.79 Å². The van der Waals surface area contributed by atoms with Crippen LogP contribution in [0.5, 0.6) is 0 Å². The highest BCUT2D eigenvalue weighted by Gasteiger charge is 2.15. The van der Waals surface area contributed by atoms with Crippen molar-refractivity contribution in [1.82, 2.24) is 4.98 Å². The van der Waals surface area contributed by atoms with Gasteiger partial charge in [0.05, 0.1) is 0 Å². The van der Waals surface area contributed by atoms with Crippen molar-refractivity contribution in [2.24, 2.45) is 0 Å². The lowest BCUT2D eigenvalue weighted by atomic mass is 10.1. The Morgan fingerprint density at radius 3 is 2.83 bits per heavy atom. The number of fused-ring (bicyclic) bond motifs is 1. The molecule has 1 aliphatic carbocycles. The molecule has 0 spiro atoms. The lowest BCUT2D eigenvalue weighted by molar-refractivity contribution is 0.755. The Hall–Kier alpha value is -1.77. The summed E-state index contributed by atoms with van der Waals surface area (Å²) in [5.41, 5.74) is 2.30. The van der Waals surface area contributed by atoms with E-state index in [9.17, 15) is 4.79 Å². The Bertz CT molecular complexity index is 624. The second-order valence-corrected chi connectivity index (χ2v) is 5.19. The van der Waals surface area contributed by atoms with Crippen molar-refractivity contribution >= 4 is 16.5 Å². The predicted octanol–water partition coefficient (Wildman–Crippen LogP) is 3.19. The number of aromatic nitrogens is 1. The van der Waals surface area contributed by atoms with Crippen molar-refractivity contribution < 1.29 is 0 Å². The van der Waals surface area contributed by atoms with E-state index < -0.39 is 0 Å². The van der Waals surface area contributed by atoms with E-state index >= 15 is 0 Å². The summed E-state index contributed by atoms with van der Waals surface area (Å²) in [5.74, 6) is 0. The van der Waals surface area contributed by atoms with Gasteiger partial charge in [-0.2, -0.15) is 0 Å². The third-order valence-electron chi connectivity index (χ3n) is 3.83. The lowest BCUT2D eigenvalue weighted by Gasteiger charge is -2.16. The fraction of sp³-hybridized carbons (Fsp3) is 0.400. The van der Waals surface area contributed by atoms with Crippen molar-refractivity contribution in [3.63, 3.8) is 0 Å². The highest BCUT2D eigenvalue weighted by molar-refractivity contribution is 5.86. The molecule has 1 fully saturated rings. The van der Waals surface area contributed by atoms with Gasteiger partial charge in [0.15, 0.2) is 0 Å². The van der Waals surface area contributed by atoms with Crippen LogP contribution in [-0.4, -0.2) is 11.0 Å². The molecule has 0 saturated heterocycles. The summed E-state index contributed by atoms with van der Waals surface area (Å²) < 4.78 is 0. The number of anilines is 1. The van der Waals surface area contributed by atoms with Gasteiger partial charge in [-0.05, 0) is 48.9 Å². The first-order valence-electron chi connectivity index (χ1n) is 6.62. The van der Waals surface area contributed by atoms with Gasteiger partial charge in [0.2, 0.25) is 0 Å². The molecule has 94 valence electrons. The smallest absolute Gasteiger partial charge is 0.255 e. The van der Waals surface area contributed by atoms with E-state index in [2.05, 4.69) is 23.3 Å². The number of rotatable bonds is 2. The van der Waals surface area contributed by atoms with Gasteiger partial charge < -0.3 is 10.3 Å². The van der Waals surface area contributed by atoms with E-state index in [1.165, 1.54) is 31.4 Å². The number of aryl methyl sites for hydroxylation is 1. The molecule has 18 heavy (non-hydrogen) atoms. The maximum atomic E-state index is 11.7. The summed E-state index contributed by atoms with van der Waals surface area (Å²) in [7, 11) is 0. The molecule has 3 nitrogen and oxygen atoms in total. The topological polar surface area (TPSA) is 44.9 Å². The van der Waals surface area contributed by atoms with Gasteiger partial charge in [-0.15, -0.1) is 0 Å². The Labute approximate surface area is 106 Å². The van der Waals surface area contributed by atoms with Crippen LogP contribution in [0, 0.1) is 6.92 Å². The molecule has 0 radical (unpaired) electrons. The lowest BCUT2D eigenvalue weighted by Crippen LogP contribution is -2.15. The number of benzene rings is 1. The van der Waals surface area contributed by atoms with Crippen LogP contribution in [0.4, 0.5) is 5.69 Å². The van der Waals surface area contributed by atoms with E-state index in [1.807, 2.05) is 12.1 Å². The summed E-state index contributed by atoms with van der Waals surface area (Å²) in [6, 6.07) is 6.63. The minimum atomic E-state index is -0.0111. The minimum Gasteiger partial charge on any atom is -0.382 e. The maximum absolute atomic E-state index is 11.7. The molecule has 0 unspecified atom stereocenters. The summed E-state index contributed by atoms with van der Waals surface area (Å²) in [4.78, 5) is 14.4. The predicted molar refractivity (Wildman–Crippen MR) is 75.2 cm³/mol. The standard InChI is InChI=1S/C15H18N2O/c1-10-8-13-11(6-7-16-15(13)18)9-14(10)17-12-4-2-3-5-12/h6-9,12,17H,2-5H2,1H3,(H,16,18). The van der Waals surface area contributed by atoms with Gasteiger partial charge in [0.25, 0.3) is 5.56 Å². The zero-order valence-electron chi connectivity index (χ0n) is 10.6. The monoisotopic (exact) mass is 242 g/mol. The molecule has 0 aliphatic heterocycles. The summed E-state index contributed by atoms with van der Waals surface area (Å²) >= 11 is 0. The van der Waals surface area contributed by atoms with Crippen LogP contribution in [0.3, 0.4) is 0 Å². The number of nitrogens with one attached hydrogen (secondary N) is 2. The van der Waals surface area contributed by atoms with Gasteiger partial charge in [-0.25, -0.2) is 0 Å². The Balaban J connectivity index is 2.02. The number of pyridine rings is 1. The van der Waals surface area contributed by atoms with E-state index in [0.717, 1.165) is 16.3 Å². The van der Waals surface area contributed by atoms with Gasteiger partial charge >= 0.3 is 0 Å². The van der Waals surface area contributed by atoms with Crippen molar-refractivity contribution in [1.29, 1.82) is 0 Å². The molecular formula is C15H18N2O. The van der Waals surface area contributed by atoms with Crippen LogP contribution in [0.1, 0.15) is 31.2 Å². The average Bonchev–Trinajstić information content (AvgIpc) is 2.84. The molecule has 0 bridgehead atoms. The first kappa shape index (κ1) is 11.3. The molecule has 1 aromatic heterocycles. The minimum absolute atomic E-state index is 0.0111. The molecule has 0 atom stereocenters. The largest absolute Gasteiger partial charge is 0.382 e. The van der Waals surface area contributed by atoms with Crippen molar-refractivity contribution in [2.75, 3.05) is 5.32 Å². The Kier molecular flexibility index (Phi) is 2.82. The Morgan fingerprint density at radius 2 is 2.06 bits per heavy atom. The number of hydrogen-bond donors (Lipinski definition) is 2. The summed E-state index contributed by atoms with van der Waals surface area (Å²) in [6.45, 7) is 2.06. The van der Waals surface area contributed by atoms with Crippen LogP contribution in [0.2, 0.25) is 0 Å². The highest BCUT2D eigenvalue weighted by atomic mass is 16.1. The molecule has 1 saturated carbocycles. The van der Waals surface area contributed by atoms with Gasteiger partial charge in [0.1, 0.15) is 0 Å². The van der Waals surface area contributed by atoms with Crippen LogP contribution in [0.25, 0.3) is 10.8 Å².